The maximum absolute atomic E-state index is 11.0. The van der Waals surface area contributed by atoms with Crippen molar-refractivity contribution in [1.29, 1.82) is 0 Å². The highest BCUT2D eigenvalue weighted by Crippen LogP contribution is 2.40. The van der Waals surface area contributed by atoms with Gasteiger partial charge in [-0.1, -0.05) is 106 Å². The molecular formula is C44H34Cl6N6O3. The molecule has 59 heavy (non-hydrogen) atoms. The molecular weight excluding hydrogens is 873 g/mol. The molecule has 0 aliphatic rings. The van der Waals surface area contributed by atoms with Gasteiger partial charge in [-0.2, -0.15) is 0 Å². The Morgan fingerprint density at radius 1 is 0.610 bits per heavy atom. The molecule has 1 unspecified atom stereocenters. The van der Waals surface area contributed by atoms with Gasteiger partial charge >= 0.3 is 0 Å². The number of para-hydroxylation sites is 1. The number of benzene rings is 4. The second-order valence-corrected chi connectivity index (χ2v) is 15.2. The Bertz CT molecular complexity index is 2730. The number of rotatable bonds is 5. The molecule has 8 aromatic rings. The van der Waals surface area contributed by atoms with E-state index in [2.05, 4.69) is 25.3 Å². The SMILES string of the molecule is Cc1cc(Cl)cnc1N.Cc1cc(Cl)cnc1NC(c1cc(Cl)ccc1Cl)c1ccc2cccnc2c1O.O=Cc1cc(Cl)ccc1Cl.Oc1cccc2cccnc12. The summed E-state index contributed by atoms with van der Waals surface area (Å²) in [7, 11) is 0. The number of nitrogens with two attached hydrogens (primary N) is 1. The van der Waals surface area contributed by atoms with Crippen LogP contribution in [0.25, 0.3) is 21.8 Å². The van der Waals surface area contributed by atoms with E-state index in [9.17, 15) is 15.0 Å². The van der Waals surface area contributed by atoms with Crippen LogP contribution in [0, 0.1) is 13.8 Å². The van der Waals surface area contributed by atoms with Crippen LogP contribution in [-0.2, 0) is 0 Å². The average Bonchev–Trinajstić information content (AvgIpc) is 3.22. The maximum atomic E-state index is 11.0. The number of pyridine rings is 4. The van der Waals surface area contributed by atoms with Gasteiger partial charge < -0.3 is 21.3 Å². The zero-order valence-corrected chi connectivity index (χ0v) is 35.8. The number of phenolic OH excluding ortho intramolecular Hbond substituents is 2. The number of aldehydes is 1. The summed E-state index contributed by atoms with van der Waals surface area (Å²) >= 11 is 35.6. The fourth-order valence-electron chi connectivity index (χ4n) is 5.51. The number of nitrogen functional groups attached to an aromatic ring is 1. The van der Waals surface area contributed by atoms with Gasteiger partial charge in [0, 0.05) is 61.8 Å². The van der Waals surface area contributed by atoms with Gasteiger partial charge in [0.2, 0.25) is 0 Å². The van der Waals surface area contributed by atoms with E-state index in [4.69, 9.17) is 75.3 Å². The molecule has 0 amide bonds. The first kappa shape index (κ1) is 44.7. The number of aromatic hydroxyl groups is 2. The minimum absolute atomic E-state index is 0.0725. The van der Waals surface area contributed by atoms with Crippen molar-refractivity contribution in [3.05, 3.63) is 186 Å². The molecule has 300 valence electrons. The topological polar surface area (TPSA) is 147 Å². The van der Waals surface area contributed by atoms with Crippen molar-refractivity contribution in [2.75, 3.05) is 11.1 Å². The van der Waals surface area contributed by atoms with Crippen molar-refractivity contribution in [3.63, 3.8) is 0 Å². The molecule has 0 radical (unpaired) electrons. The molecule has 4 aromatic carbocycles. The van der Waals surface area contributed by atoms with Crippen molar-refractivity contribution in [2.45, 2.75) is 19.9 Å². The molecule has 1 atom stereocenters. The molecule has 0 saturated carbocycles. The smallest absolute Gasteiger partial charge is 0.151 e. The predicted octanol–water partition coefficient (Wildman–Crippen LogP) is 13.2. The first-order valence-electron chi connectivity index (χ1n) is 17.5. The molecule has 9 nitrogen and oxygen atoms in total. The van der Waals surface area contributed by atoms with Gasteiger partial charge in [-0.25, -0.2) is 9.97 Å². The third kappa shape index (κ3) is 12.1. The van der Waals surface area contributed by atoms with E-state index in [0.29, 0.717) is 75.8 Å². The summed E-state index contributed by atoms with van der Waals surface area (Å²) in [5.41, 5.74) is 10.1. The number of anilines is 2. The van der Waals surface area contributed by atoms with Crippen molar-refractivity contribution < 1.29 is 15.0 Å². The van der Waals surface area contributed by atoms with Gasteiger partial charge in [-0.3, -0.25) is 14.8 Å². The van der Waals surface area contributed by atoms with Gasteiger partial charge in [0.1, 0.15) is 34.2 Å². The normalized spacial score (nSPS) is 10.9. The first-order chi connectivity index (χ1) is 28.2. The van der Waals surface area contributed by atoms with Crippen LogP contribution < -0.4 is 11.1 Å². The standard InChI is InChI=1S/C22H16Cl3N3O.C9H7NO.C7H4Cl2O.C6H7ClN2/c1-12-9-15(24)11-27-22(12)28-20(17-10-14(23)5-7-18(17)25)16-6-4-13-3-2-8-26-19(13)21(16)29;11-8-5-1-3-7-4-2-6-10-9(7)8;8-6-1-2-7(9)5(3-6)4-10;1-4-2-5(7)3-9-6(4)8/h2-11,20,29H,1H3,(H,27,28);1-6,11H;1-4H;2-3H,1H3,(H2,8,9). The highest BCUT2D eigenvalue weighted by molar-refractivity contribution is 6.35. The quantitative estimate of drug-likeness (QED) is 0.124. The Kier molecular flexibility index (Phi) is 15.9. The molecule has 15 heteroatoms. The van der Waals surface area contributed by atoms with E-state index in [1.54, 1.807) is 67.1 Å². The first-order valence-corrected chi connectivity index (χ1v) is 19.7. The lowest BCUT2D eigenvalue weighted by Gasteiger charge is -2.24. The highest BCUT2D eigenvalue weighted by atomic mass is 35.5. The number of hydrogen-bond donors (Lipinski definition) is 4. The highest BCUT2D eigenvalue weighted by Gasteiger charge is 2.23. The van der Waals surface area contributed by atoms with Gasteiger partial charge in [-0.15, -0.1) is 0 Å². The third-order valence-corrected chi connectivity index (χ3v) is 10.0. The van der Waals surface area contributed by atoms with Crippen LogP contribution in [0.5, 0.6) is 11.5 Å². The summed E-state index contributed by atoms with van der Waals surface area (Å²) in [6, 6.07) is 29.7. The monoisotopic (exact) mass is 904 g/mol. The van der Waals surface area contributed by atoms with Crippen LogP contribution >= 0.6 is 69.6 Å². The van der Waals surface area contributed by atoms with Crippen LogP contribution in [0.2, 0.25) is 30.1 Å². The number of phenols is 2. The van der Waals surface area contributed by atoms with Crippen LogP contribution in [-0.4, -0.2) is 36.4 Å². The summed E-state index contributed by atoms with van der Waals surface area (Å²) in [5.74, 6) is 1.47. The molecule has 8 rings (SSSR count). The van der Waals surface area contributed by atoms with E-state index >= 15 is 0 Å². The molecule has 4 heterocycles. The second kappa shape index (κ2) is 21.0. The van der Waals surface area contributed by atoms with Crippen molar-refractivity contribution in [1.82, 2.24) is 19.9 Å². The van der Waals surface area contributed by atoms with Crippen LogP contribution in [0.4, 0.5) is 11.6 Å². The lowest BCUT2D eigenvalue weighted by atomic mass is 9.96. The zero-order valence-electron chi connectivity index (χ0n) is 31.2. The third-order valence-electron chi connectivity index (χ3n) is 8.47. The van der Waals surface area contributed by atoms with E-state index in [1.807, 2.05) is 62.4 Å². The number of nitrogens with one attached hydrogen (secondary N) is 1. The van der Waals surface area contributed by atoms with Gasteiger partial charge in [0.25, 0.3) is 0 Å². The minimum Gasteiger partial charge on any atom is -0.506 e. The van der Waals surface area contributed by atoms with Crippen LogP contribution in [0.1, 0.15) is 38.7 Å². The van der Waals surface area contributed by atoms with Gasteiger partial charge in [-0.05, 0) is 97.3 Å². The molecule has 4 aromatic heterocycles. The molecule has 0 aliphatic heterocycles. The Labute approximate surface area is 370 Å². The number of carbonyl (C=O) groups is 1. The zero-order chi connectivity index (χ0) is 42.6. The largest absolute Gasteiger partial charge is 0.506 e. The number of aryl methyl sites for hydroxylation is 2. The van der Waals surface area contributed by atoms with Crippen LogP contribution in [0.3, 0.4) is 0 Å². The maximum Gasteiger partial charge on any atom is 0.151 e. The average molecular weight is 908 g/mol. The van der Waals surface area contributed by atoms with Gasteiger partial charge in [0.05, 0.1) is 21.1 Å². The number of hydrogen-bond acceptors (Lipinski definition) is 9. The van der Waals surface area contributed by atoms with Crippen molar-refractivity contribution >= 4 is 109 Å². The van der Waals surface area contributed by atoms with E-state index in [-0.39, 0.29) is 11.5 Å². The second-order valence-electron chi connectivity index (χ2n) is 12.6. The minimum atomic E-state index is -0.514. The molecule has 0 spiro atoms. The molecule has 0 fully saturated rings. The van der Waals surface area contributed by atoms with Crippen LogP contribution in [0.15, 0.2) is 128 Å². The van der Waals surface area contributed by atoms with E-state index in [0.717, 1.165) is 21.9 Å². The van der Waals surface area contributed by atoms with Crippen molar-refractivity contribution in [2.24, 2.45) is 0 Å². The summed E-state index contributed by atoms with van der Waals surface area (Å²) in [6.07, 6.45) is 7.08. The molecule has 0 bridgehead atoms. The number of aromatic nitrogens is 4. The Hall–Kier alpha value is -5.39. The van der Waals surface area contributed by atoms with E-state index in [1.165, 1.54) is 12.3 Å². The Balaban J connectivity index is 0.000000179. The lowest BCUT2D eigenvalue weighted by molar-refractivity contribution is 0.112. The summed E-state index contributed by atoms with van der Waals surface area (Å²) < 4.78 is 0. The number of fused-ring (bicyclic) bond motifs is 2. The fourth-order valence-corrected chi connectivity index (χ4v) is 6.68. The molecule has 5 N–H and O–H groups in total. The predicted molar refractivity (Wildman–Crippen MR) is 243 cm³/mol. The van der Waals surface area contributed by atoms with E-state index < -0.39 is 6.04 Å². The lowest BCUT2D eigenvalue weighted by Crippen LogP contribution is -2.15. The Morgan fingerprint density at radius 3 is 1.81 bits per heavy atom. The Morgan fingerprint density at radius 2 is 1.20 bits per heavy atom. The summed E-state index contributed by atoms with van der Waals surface area (Å²) in [4.78, 5) is 26.8. The molecule has 0 saturated heterocycles. The van der Waals surface area contributed by atoms with Crippen molar-refractivity contribution in [3.8, 4) is 11.5 Å². The number of halogens is 6. The summed E-state index contributed by atoms with van der Waals surface area (Å²) in [6.45, 7) is 3.77. The summed E-state index contributed by atoms with van der Waals surface area (Å²) in [5, 5.41) is 28.7. The number of carbonyl (C=O) groups excluding carboxylic acids is 1. The fraction of sp³-hybridized carbons (Fsp3) is 0.0682. The van der Waals surface area contributed by atoms with Gasteiger partial charge in [0.15, 0.2) is 6.29 Å². The number of nitrogens with zero attached hydrogens (tertiary/aromatic N) is 4. The molecule has 0 aliphatic carbocycles.